The van der Waals surface area contributed by atoms with Gasteiger partial charge in [-0.1, -0.05) is 29.8 Å². The van der Waals surface area contributed by atoms with E-state index in [4.69, 9.17) is 34.6 Å². The molecule has 5 aromatic rings. The fourth-order valence-electron chi connectivity index (χ4n) is 3.93. The number of para-hydroxylation sites is 1. The van der Waals surface area contributed by atoms with Crippen LogP contribution in [0.1, 0.15) is 16.1 Å². The largest absolute Gasteiger partial charge is 0.493 e. The molecule has 8 heteroatoms. The fraction of sp³-hybridized carbons (Fsp3) is 0.143. The number of aryl methyl sites for hydroxylation is 1. The van der Waals surface area contributed by atoms with Crippen molar-refractivity contribution in [1.82, 2.24) is 0 Å². The fourth-order valence-corrected chi connectivity index (χ4v) is 4.09. The smallest absolute Gasteiger partial charge is 0.235 e. The maximum absolute atomic E-state index is 13.5. The Hall–Kier alpha value is -4.23. The molecule has 0 amide bonds. The molecule has 0 bridgehead atoms. The molecule has 0 fully saturated rings. The lowest BCUT2D eigenvalue weighted by atomic mass is 10.1. The van der Waals surface area contributed by atoms with Crippen LogP contribution >= 0.6 is 11.6 Å². The van der Waals surface area contributed by atoms with E-state index in [-0.39, 0.29) is 22.7 Å². The van der Waals surface area contributed by atoms with E-state index in [1.165, 1.54) is 20.3 Å². The second-order valence-electron chi connectivity index (χ2n) is 8.12. The number of carbonyl (C=O) groups is 1. The Morgan fingerprint density at radius 1 is 0.917 bits per heavy atom. The van der Waals surface area contributed by atoms with E-state index < -0.39 is 17.8 Å². The van der Waals surface area contributed by atoms with Crippen molar-refractivity contribution in [1.29, 1.82) is 0 Å². The summed E-state index contributed by atoms with van der Waals surface area (Å²) in [7, 11) is 3.03. The summed E-state index contributed by atoms with van der Waals surface area (Å²) in [6.07, 6.45) is 0. The van der Waals surface area contributed by atoms with Gasteiger partial charge in [-0.25, -0.2) is 0 Å². The Balaban J connectivity index is 1.60. The van der Waals surface area contributed by atoms with Crippen molar-refractivity contribution in [2.45, 2.75) is 6.92 Å². The number of methoxy groups -OCH3 is 2. The first-order valence-corrected chi connectivity index (χ1v) is 11.4. The van der Waals surface area contributed by atoms with Crippen molar-refractivity contribution in [3.8, 4) is 28.6 Å². The number of furan rings is 1. The molecule has 0 aliphatic rings. The van der Waals surface area contributed by atoms with E-state index in [0.29, 0.717) is 33.3 Å². The zero-order chi connectivity index (χ0) is 25.4. The zero-order valence-corrected chi connectivity index (χ0v) is 20.5. The number of Topliss-reactive ketones (excluding diaryl/α,β-unsaturated/α-hetero) is 1. The predicted molar refractivity (Wildman–Crippen MR) is 137 cm³/mol. The maximum Gasteiger partial charge on any atom is 0.235 e. The molecule has 0 aliphatic heterocycles. The zero-order valence-electron chi connectivity index (χ0n) is 19.7. The van der Waals surface area contributed by atoms with Crippen LogP contribution in [-0.4, -0.2) is 26.6 Å². The Kier molecular flexibility index (Phi) is 6.16. The third-order valence-corrected chi connectivity index (χ3v) is 6.23. The van der Waals surface area contributed by atoms with Gasteiger partial charge in [-0.2, -0.15) is 0 Å². The van der Waals surface area contributed by atoms with Gasteiger partial charge in [-0.05, 0) is 55.0 Å². The molecule has 182 valence electrons. The normalized spacial score (nSPS) is 11.1. The van der Waals surface area contributed by atoms with Gasteiger partial charge < -0.3 is 23.0 Å². The average molecular weight is 505 g/mol. The number of fused-ring (bicyclic) bond motifs is 2. The summed E-state index contributed by atoms with van der Waals surface area (Å²) < 4.78 is 28.3. The monoisotopic (exact) mass is 504 g/mol. The lowest BCUT2D eigenvalue weighted by molar-refractivity contribution is 0.0894. The van der Waals surface area contributed by atoms with Gasteiger partial charge in [-0.15, -0.1) is 0 Å². The molecule has 0 spiro atoms. The third-order valence-electron chi connectivity index (χ3n) is 5.82. The van der Waals surface area contributed by atoms with Crippen molar-refractivity contribution in [2.24, 2.45) is 0 Å². The molecule has 0 saturated heterocycles. The van der Waals surface area contributed by atoms with E-state index in [1.54, 1.807) is 36.4 Å². The number of benzene rings is 3. The minimum Gasteiger partial charge on any atom is -0.493 e. The SMILES string of the molecule is COc1ccc(-c2oc3cc(C)c(Cl)cc3c(=O)c2OCC(=O)c2cc3ccccc3o2)cc1OC. The first-order valence-electron chi connectivity index (χ1n) is 11.0. The number of ketones is 1. The van der Waals surface area contributed by atoms with Crippen LogP contribution in [-0.2, 0) is 0 Å². The molecule has 3 aromatic carbocycles. The summed E-state index contributed by atoms with van der Waals surface area (Å²) in [5, 5.41) is 1.45. The van der Waals surface area contributed by atoms with E-state index in [0.717, 1.165) is 10.9 Å². The van der Waals surface area contributed by atoms with Crippen LogP contribution in [0.25, 0.3) is 33.3 Å². The molecule has 2 heterocycles. The Labute approximate surface area is 210 Å². The van der Waals surface area contributed by atoms with Crippen LogP contribution < -0.4 is 19.6 Å². The van der Waals surface area contributed by atoms with Crippen molar-refractivity contribution >= 4 is 39.3 Å². The molecule has 0 radical (unpaired) electrons. The van der Waals surface area contributed by atoms with Gasteiger partial charge in [0.15, 0.2) is 29.6 Å². The van der Waals surface area contributed by atoms with Crippen LogP contribution in [0, 0.1) is 6.92 Å². The predicted octanol–water partition coefficient (Wildman–Crippen LogP) is 6.45. The van der Waals surface area contributed by atoms with Gasteiger partial charge in [-0.3, -0.25) is 9.59 Å². The quantitative estimate of drug-likeness (QED) is 0.235. The van der Waals surface area contributed by atoms with E-state index in [9.17, 15) is 9.59 Å². The minimum atomic E-state index is -0.458. The highest BCUT2D eigenvalue weighted by Crippen LogP contribution is 2.37. The summed E-state index contributed by atoms with van der Waals surface area (Å²) in [5.74, 6) is 0.675. The second-order valence-corrected chi connectivity index (χ2v) is 8.52. The minimum absolute atomic E-state index is 0.126. The lowest BCUT2D eigenvalue weighted by Gasteiger charge is -2.13. The van der Waals surface area contributed by atoms with Crippen molar-refractivity contribution in [3.05, 3.63) is 87.2 Å². The van der Waals surface area contributed by atoms with Crippen LogP contribution in [0.3, 0.4) is 0 Å². The highest BCUT2D eigenvalue weighted by Gasteiger charge is 2.22. The van der Waals surface area contributed by atoms with Crippen LogP contribution in [0.4, 0.5) is 0 Å². The highest BCUT2D eigenvalue weighted by atomic mass is 35.5. The molecular weight excluding hydrogens is 484 g/mol. The van der Waals surface area contributed by atoms with Gasteiger partial charge in [0, 0.05) is 16.0 Å². The summed E-state index contributed by atoms with van der Waals surface area (Å²) in [6.45, 7) is 1.38. The number of ether oxygens (including phenoxy) is 3. The lowest BCUT2D eigenvalue weighted by Crippen LogP contribution is -2.16. The average Bonchev–Trinajstić information content (AvgIpc) is 3.33. The first kappa shape index (κ1) is 23.5. The molecule has 0 aliphatic carbocycles. The molecule has 5 rings (SSSR count). The van der Waals surface area contributed by atoms with Gasteiger partial charge in [0.1, 0.15) is 11.2 Å². The molecule has 0 atom stereocenters. The van der Waals surface area contributed by atoms with Crippen molar-refractivity contribution < 1.29 is 27.8 Å². The van der Waals surface area contributed by atoms with Gasteiger partial charge >= 0.3 is 0 Å². The number of hydrogen-bond donors (Lipinski definition) is 0. The Morgan fingerprint density at radius 2 is 1.69 bits per heavy atom. The number of hydrogen-bond acceptors (Lipinski definition) is 7. The molecule has 7 nitrogen and oxygen atoms in total. The highest BCUT2D eigenvalue weighted by molar-refractivity contribution is 6.32. The maximum atomic E-state index is 13.5. The molecule has 36 heavy (non-hydrogen) atoms. The molecule has 0 saturated carbocycles. The summed E-state index contributed by atoms with van der Waals surface area (Å²) in [4.78, 5) is 26.4. The van der Waals surface area contributed by atoms with Gasteiger partial charge in [0.25, 0.3) is 0 Å². The molecule has 2 aromatic heterocycles. The van der Waals surface area contributed by atoms with E-state index >= 15 is 0 Å². The first-order chi connectivity index (χ1) is 17.4. The number of rotatable bonds is 7. The van der Waals surface area contributed by atoms with E-state index in [2.05, 4.69) is 0 Å². The van der Waals surface area contributed by atoms with Crippen molar-refractivity contribution in [2.75, 3.05) is 20.8 Å². The van der Waals surface area contributed by atoms with Crippen LogP contribution in [0.2, 0.25) is 5.02 Å². The Bertz CT molecular complexity index is 1650. The van der Waals surface area contributed by atoms with E-state index in [1.807, 2.05) is 25.1 Å². The van der Waals surface area contributed by atoms with Gasteiger partial charge in [0.05, 0.1) is 19.6 Å². The number of carbonyl (C=O) groups excluding carboxylic acids is 1. The van der Waals surface area contributed by atoms with Crippen molar-refractivity contribution in [3.63, 3.8) is 0 Å². The second kappa shape index (κ2) is 9.43. The van der Waals surface area contributed by atoms with Crippen LogP contribution in [0.15, 0.2) is 74.3 Å². The summed E-state index contributed by atoms with van der Waals surface area (Å²) in [5.41, 5.74) is 1.72. The molecule has 0 N–H and O–H groups in total. The topological polar surface area (TPSA) is 88.1 Å². The Morgan fingerprint density at radius 3 is 2.44 bits per heavy atom. The molecule has 0 unspecified atom stereocenters. The molecular formula is C28H21ClO7. The van der Waals surface area contributed by atoms with Crippen LogP contribution in [0.5, 0.6) is 17.2 Å². The third kappa shape index (κ3) is 4.18. The summed E-state index contributed by atoms with van der Waals surface area (Å²) in [6, 6.07) is 17.2. The summed E-state index contributed by atoms with van der Waals surface area (Å²) >= 11 is 6.27. The number of halogens is 1. The van der Waals surface area contributed by atoms with Gasteiger partial charge in [0.2, 0.25) is 17.0 Å². The standard InChI is InChI=1S/C28H21ClO7/c1-15-10-23-18(13-19(15)29)26(31)28(27(36-23)17-8-9-22(32-2)25(12-17)33-3)34-14-20(30)24-11-16-6-4-5-7-21(16)35-24/h4-13H,14H2,1-3H3.